The first kappa shape index (κ1) is 23.6. The zero-order chi connectivity index (χ0) is 27.2. The van der Waals surface area contributed by atoms with Crippen LogP contribution < -0.4 is 5.69 Å². The van der Waals surface area contributed by atoms with Crippen LogP contribution in [-0.2, 0) is 23.8 Å². The summed E-state index contributed by atoms with van der Waals surface area (Å²) >= 11 is 0. The van der Waals surface area contributed by atoms with Gasteiger partial charge in [0.25, 0.3) is 0 Å². The number of halogens is 2. The fraction of sp³-hybridized carbons (Fsp3) is 0.286. The van der Waals surface area contributed by atoms with Crippen LogP contribution in [0.3, 0.4) is 0 Å². The molecule has 198 valence electrons. The minimum absolute atomic E-state index is 0.100. The van der Waals surface area contributed by atoms with Gasteiger partial charge in [-0.05, 0) is 62.1 Å². The summed E-state index contributed by atoms with van der Waals surface area (Å²) < 4.78 is 36.0. The second-order valence-electron chi connectivity index (χ2n) is 10.5. The number of amides is 1. The van der Waals surface area contributed by atoms with Crippen LogP contribution in [0.25, 0.3) is 28.1 Å². The molecule has 1 aliphatic carbocycles. The van der Waals surface area contributed by atoms with Crippen LogP contribution in [0.2, 0.25) is 0 Å². The molecule has 9 nitrogen and oxygen atoms in total. The van der Waals surface area contributed by atoms with E-state index in [9.17, 15) is 14.0 Å². The third-order valence-electron chi connectivity index (χ3n) is 8.16. The Morgan fingerprint density at radius 3 is 2.44 bits per heavy atom. The van der Waals surface area contributed by atoms with Crippen molar-refractivity contribution in [3.05, 3.63) is 87.4 Å². The summed E-state index contributed by atoms with van der Waals surface area (Å²) in [6.07, 6.45) is 7.43. The van der Waals surface area contributed by atoms with Crippen molar-refractivity contribution in [1.29, 1.82) is 0 Å². The maximum absolute atomic E-state index is 15.6. The number of benzene rings is 2. The van der Waals surface area contributed by atoms with E-state index in [1.807, 2.05) is 0 Å². The van der Waals surface area contributed by atoms with E-state index in [4.69, 9.17) is 5.10 Å². The molecule has 2 aliphatic rings. The molecule has 1 saturated carbocycles. The lowest BCUT2D eigenvalue weighted by atomic mass is 9.96. The first-order valence-electron chi connectivity index (χ1n) is 12.8. The second-order valence-corrected chi connectivity index (χ2v) is 10.5. The topological polar surface area (TPSA) is 82.9 Å². The van der Waals surface area contributed by atoms with Gasteiger partial charge in [-0.1, -0.05) is 0 Å². The van der Waals surface area contributed by atoms with Gasteiger partial charge in [-0.3, -0.25) is 18.6 Å². The molecule has 0 radical (unpaired) electrons. The quantitative estimate of drug-likeness (QED) is 0.333. The van der Waals surface area contributed by atoms with Crippen LogP contribution >= 0.6 is 0 Å². The molecule has 11 heteroatoms. The number of nitrogens with zero attached hydrogens (tertiary/aromatic N) is 7. The average molecular weight is 530 g/mol. The van der Waals surface area contributed by atoms with E-state index in [0.717, 1.165) is 30.5 Å². The van der Waals surface area contributed by atoms with Gasteiger partial charge < -0.3 is 4.90 Å². The Morgan fingerprint density at radius 1 is 1.03 bits per heavy atom. The SMILES string of the molecule is Cc1cc(-n2nc3c(c2-n2ccn(-c4ccc5c(cnn5C)c4F)c2=O)C2(CC2)N(C=O)CC3)cc(C)c1F. The molecule has 1 fully saturated rings. The average Bonchev–Trinajstić information content (AvgIpc) is 3.24. The van der Waals surface area contributed by atoms with E-state index in [2.05, 4.69) is 5.10 Å². The number of fused-ring (bicyclic) bond motifs is 3. The highest BCUT2D eigenvalue weighted by Gasteiger charge is 2.55. The summed E-state index contributed by atoms with van der Waals surface area (Å²) in [7, 11) is 1.73. The van der Waals surface area contributed by atoms with Crippen LogP contribution in [-0.4, -0.2) is 46.5 Å². The van der Waals surface area contributed by atoms with Crippen LogP contribution in [0.5, 0.6) is 0 Å². The molecular formula is C28H25F2N7O2. The summed E-state index contributed by atoms with van der Waals surface area (Å²) in [4.78, 5) is 27.8. The molecule has 39 heavy (non-hydrogen) atoms. The third-order valence-corrected chi connectivity index (χ3v) is 8.16. The molecule has 7 rings (SSSR count). The Hall–Kier alpha value is -4.54. The van der Waals surface area contributed by atoms with Gasteiger partial charge in [0.05, 0.1) is 39.7 Å². The van der Waals surface area contributed by atoms with Gasteiger partial charge >= 0.3 is 5.69 Å². The molecule has 5 aromatic rings. The molecule has 2 aromatic carbocycles. The molecule has 1 spiro atoms. The maximum Gasteiger partial charge on any atom is 0.338 e. The lowest BCUT2D eigenvalue weighted by Gasteiger charge is -2.33. The van der Waals surface area contributed by atoms with Crippen molar-refractivity contribution >= 4 is 17.3 Å². The maximum atomic E-state index is 15.6. The normalized spacial score (nSPS) is 15.8. The first-order valence-corrected chi connectivity index (χ1v) is 12.8. The van der Waals surface area contributed by atoms with E-state index in [-0.39, 0.29) is 11.5 Å². The molecule has 1 amide bonds. The Balaban J connectivity index is 1.48. The number of aromatic nitrogens is 6. The van der Waals surface area contributed by atoms with Gasteiger partial charge in [-0.25, -0.2) is 18.3 Å². The van der Waals surface area contributed by atoms with Crippen molar-refractivity contribution in [3.63, 3.8) is 0 Å². The minimum Gasteiger partial charge on any atom is -0.335 e. The predicted molar refractivity (Wildman–Crippen MR) is 140 cm³/mol. The molecule has 0 atom stereocenters. The zero-order valence-corrected chi connectivity index (χ0v) is 21.7. The predicted octanol–water partition coefficient (Wildman–Crippen LogP) is 3.60. The fourth-order valence-corrected chi connectivity index (χ4v) is 6.04. The van der Waals surface area contributed by atoms with Gasteiger partial charge in [-0.2, -0.15) is 10.2 Å². The summed E-state index contributed by atoms with van der Waals surface area (Å²) in [6.45, 7) is 3.90. The number of carbonyl (C=O) groups is 1. The Bertz CT molecular complexity index is 1870. The molecule has 0 bridgehead atoms. The second kappa shape index (κ2) is 7.98. The van der Waals surface area contributed by atoms with Crippen molar-refractivity contribution in [2.45, 2.75) is 38.6 Å². The monoisotopic (exact) mass is 529 g/mol. The molecule has 0 unspecified atom stereocenters. The molecule has 1 aliphatic heterocycles. The van der Waals surface area contributed by atoms with Crippen molar-refractivity contribution in [2.75, 3.05) is 6.54 Å². The van der Waals surface area contributed by atoms with Crippen LogP contribution in [0.1, 0.15) is 35.2 Å². The first-order chi connectivity index (χ1) is 18.7. The van der Waals surface area contributed by atoms with Crippen LogP contribution in [0.15, 0.2) is 47.7 Å². The number of hydrogen-bond acceptors (Lipinski definition) is 4. The molecule has 4 heterocycles. The minimum atomic E-state index is -0.549. The number of carbonyl (C=O) groups excluding carboxylic acids is 1. The van der Waals surface area contributed by atoms with Gasteiger partial charge in [0.15, 0.2) is 11.6 Å². The molecule has 0 saturated heterocycles. The van der Waals surface area contributed by atoms with Gasteiger partial charge in [0, 0.05) is 38.0 Å². The van der Waals surface area contributed by atoms with Crippen LogP contribution in [0.4, 0.5) is 8.78 Å². The van der Waals surface area contributed by atoms with Crippen LogP contribution in [0, 0.1) is 25.5 Å². The number of aryl methyl sites for hydroxylation is 3. The van der Waals surface area contributed by atoms with Crippen molar-refractivity contribution in [2.24, 2.45) is 7.05 Å². The van der Waals surface area contributed by atoms with Gasteiger partial charge in [-0.15, -0.1) is 0 Å². The highest BCUT2D eigenvalue weighted by molar-refractivity contribution is 5.81. The molecule has 3 aromatic heterocycles. The summed E-state index contributed by atoms with van der Waals surface area (Å²) in [6, 6.07) is 6.67. The van der Waals surface area contributed by atoms with Gasteiger partial charge in [0.2, 0.25) is 6.41 Å². The summed E-state index contributed by atoms with van der Waals surface area (Å²) in [5.41, 5.74) is 2.79. The molecular weight excluding hydrogens is 504 g/mol. The van der Waals surface area contributed by atoms with Gasteiger partial charge in [0.1, 0.15) is 5.82 Å². The Labute approximate surface area is 221 Å². The van der Waals surface area contributed by atoms with Crippen molar-refractivity contribution < 1.29 is 13.6 Å². The Kier molecular flexibility index (Phi) is 4.82. The summed E-state index contributed by atoms with van der Waals surface area (Å²) in [5.74, 6) is -0.370. The van der Waals surface area contributed by atoms with Crippen molar-refractivity contribution in [3.8, 4) is 17.2 Å². The summed E-state index contributed by atoms with van der Waals surface area (Å²) in [5, 5.41) is 9.33. The standard InChI is InChI=1S/C28H25F2N7O2/c1-16-12-18(13-17(2)24(16)29)37-26(23-20(32-37)6-9-34(15-38)28(23)7-8-28)36-11-10-35(27(36)39)22-5-4-21-19(25(22)30)14-31-33(21)3/h4-5,10-15H,6-9H2,1-3H3. The molecule has 0 N–H and O–H groups in total. The van der Waals surface area contributed by atoms with E-state index in [1.165, 1.54) is 21.5 Å². The van der Waals surface area contributed by atoms with E-state index in [1.54, 1.807) is 65.6 Å². The highest BCUT2D eigenvalue weighted by atomic mass is 19.1. The van der Waals surface area contributed by atoms with E-state index < -0.39 is 17.0 Å². The van der Waals surface area contributed by atoms with E-state index >= 15 is 4.39 Å². The van der Waals surface area contributed by atoms with E-state index in [0.29, 0.717) is 46.5 Å². The number of rotatable bonds is 4. The zero-order valence-electron chi connectivity index (χ0n) is 21.7. The fourth-order valence-electron chi connectivity index (χ4n) is 6.04. The largest absolute Gasteiger partial charge is 0.338 e. The lowest BCUT2D eigenvalue weighted by Crippen LogP contribution is -2.41. The smallest absolute Gasteiger partial charge is 0.335 e. The van der Waals surface area contributed by atoms with Crippen molar-refractivity contribution in [1.82, 2.24) is 33.6 Å². The Morgan fingerprint density at radius 2 is 1.74 bits per heavy atom. The number of imidazole rings is 1. The number of hydrogen-bond donors (Lipinski definition) is 0. The third kappa shape index (κ3) is 3.15. The highest BCUT2D eigenvalue weighted by Crippen LogP contribution is 2.55. The lowest BCUT2D eigenvalue weighted by molar-refractivity contribution is -0.121.